The molecule has 192 valence electrons. The molecule has 0 spiro atoms. The molecule has 8 heteroatoms. The number of anilines is 1. The summed E-state index contributed by atoms with van der Waals surface area (Å²) in [6, 6.07) is 22.7. The van der Waals surface area contributed by atoms with Crippen LogP contribution in [-0.2, 0) is 16.0 Å². The molecule has 1 fully saturated rings. The first-order chi connectivity index (χ1) is 18.3. The Morgan fingerprint density at radius 2 is 1.78 bits per heavy atom. The Bertz CT molecular complexity index is 1280. The lowest BCUT2D eigenvalue weighted by Gasteiger charge is -2.27. The third kappa shape index (κ3) is 6.91. The highest BCUT2D eigenvalue weighted by Gasteiger charge is 2.18. The highest BCUT2D eigenvalue weighted by atomic mass is 32.1. The van der Waals surface area contributed by atoms with Gasteiger partial charge in [0, 0.05) is 51.1 Å². The molecule has 0 aliphatic carbocycles. The van der Waals surface area contributed by atoms with Crippen LogP contribution in [0.25, 0.3) is 21.6 Å². The Morgan fingerprint density at radius 3 is 2.59 bits per heavy atom. The number of rotatable bonds is 11. The fourth-order valence-electron chi connectivity index (χ4n) is 4.55. The number of ether oxygens (including phenoxy) is 1. The number of nitrogens with one attached hydrogen (secondary N) is 1. The smallest absolute Gasteiger partial charge is 0.221 e. The number of aromatic nitrogens is 2. The minimum atomic E-state index is 0.0646. The van der Waals surface area contributed by atoms with Crippen molar-refractivity contribution < 1.29 is 9.53 Å². The molecule has 2 aromatic carbocycles. The highest BCUT2D eigenvalue weighted by Crippen LogP contribution is 2.29. The van der Waals surface area contributed by atoms with Crippen LogP contribution in [0.5, 0.6) is 0 Å². The van der Waals surface area contributed by atoms with Crippen LogP contribution in [0.2, 0.25) is 0 Å². The van der Waals surface area contributed by atoms with Crippen molar-refractivity contribution in [2.75, 3.05) is 57.4 Å². The number of nitrogens with zero attached hydrogens (tertiary/aromatic N) is 4. The maximum Gasteiger partial charge on any atom is 0.221 e. The molecule has 5 rings (SSSR count). The Balaban J connectivity index is 1.33. The van der Waals surface area contributed by atoms with Crippen LogP contribution < -0.4 is 10.2 Å². The normalized spacial score (nSPS) is 14.1. The zero-order valence-corrected chi connectivity index (χ0v) is 21.8. The van der Waals surface area contributed by atoms with Gasteiger partial charge in [0.05, 0.1) is 23.6 Å². The Morgan fingerprint density at radius 1 is 0.973 bits per heavy atom. The van der Waals surface area contributed by atoms with E-state index in [-0.39, 0.29) is 5.91 Å². The summed E-state index contributed by atoms with van der Waals surface area (Å²) in [7, 11) is 0. The van der Waals surface area contributed by atoms with Crippen molar-refractivity contribution in [2.45, 2.75) is 12.8 Å². The maximum atomic E-state index is 12.8. The van der Waals surface area contributed by atoms with Gasteiger partial charge in [0.15, 0.2) is 5.82 Å². The molecular formula is C29H33N5O2S. The summed E-state index contributed by atoms with van der Waals surface area (Å²) in [6.07, 6.45) is 1.27. The van der Waals surface area contributed by atoms with Crippen molar-refractivity contribution in [3.63, 3.8) is 0 Å². The molecule has 7 nitrogen and oxygen atoms in total. The van der Waals surface area contributed by atoms with Crippen LogP contribution in [0.15, 0.2) is 72.1 Å². The zero-order valence-electron chi connectivity index (χ0n) is 21.0. The predicted octanol–water partition coefficient (Wildman–Crippen LogP) is 4.25. The first kappa shape index (κ1) is 25.3. The average molecular weight is 516 g/mol. The number of hydrogen-bond acceptors (Lipinski definition) is 7. The van der Waals surface area contributed by atoms with Gasteiger partial charge in [0.25, 0.3) is 0 Å². The molecule has 1 saturated heterocycles. The fraction of sp³-hybridized carbons (Fsp3) is 0.345. The van der Waals surface area contributed by atoms with E-state index < -0.39 is 0 Å². The largest absolute Gasteiger partial charge is 0.379 e. The SMILES string of the molecule is O=C(CCN(CCc1ccccc1)c1nc(-c2cccs2)nc2ccccc12)NCCN1CCOCC1. The molecule has 37 heavy (non-hydrogen) atoms. The van der Waals surface area contributed by atoms with E-state index in [0.29, 0.717) is 19.5 Å². The van der Waals surface area contributed by atoms with Crippen LogP contribution in [0.3, 0.4) is 0 Å². The van der Waals surface area contributed by atoms with Gasteiger partial charge in [-0.1, -0.05) is 48.5 Å². The van der Waals surface area contributed by atoms with Crippen molar-refractivity contribution >= 4 is 34.0 Å². The van der Waals surface area contributed by atoms with E-state index in [1.54, 1.807) is 11.3 Å². The Kier molecular flexibility index (Phi) is 8.74. The summed E-state index contributed by atoms with van der Waals surface area (Å²) in [4.78, 5) is 28.3. The third-order valence-corrected chi connectivity index (χ3v) is 7.47. The van der Waals surface area contributed by atoms with Gasteiger partial charge in [-0.25, -0.2) is 9.97 Å². The summed E-state index contributed by atoms with van der Waals surface area (Å²) < 4.78 is 5.41. The number of amides is 1. The van der Waals surface area contributed by atoms with Crippen molar-refractivity contribution in [2.24, 2.45) is 0 Å². The van der Waals surface area contributed by atoms with Gasteiger partial charge in [0.1, 0.15) is 5.82 Å². The van der Waals surface area contributed by atoms with E-state index in [0.717, 1.165) is 73.2 Å². The van der Waals surface area contributed by atoms with Crippen LogP contribution in [0, 0.1) is 0 Å². The predicted molar refractivity (Wildman–Crippen MR) is 150 cm³/mol. The quantitative estimate of drug-likeness (QED) is 0.322. The molecular weight excluding hydrogens is 482 g/mol. The lowest BCUT2D eigenvalue weighted by atomic mass is 10.1. The van der Waals surface area contributed by atoms with E-state index >= 15 is 0 Å². The number of para-hydroxylation sites is 1. The molecule has 2 aromatic heterocycles. The molecule has 0 atom stereocenters. The van der Waals surface area contributed by atoms with Crippen molar-refractivity contribution in [1.82, 2.24) is 20.2 Å². The second-order valence-corrected chi connectivity index (χ2v) is 10.1. The second kappa shape index (κ2) is 12.8. The highest BCUT2D eigenvalue weighted by molar-refractivity contribution is 7.13. The van der Waals surface area contributed by atoms with E-state index in [1.165, 1.54) is 5.56 Å². The number of benzene rings is 2. The number of thiophene rings is 1. The van der Waals surface area contributed by atoms with Crippen LogP contribution in [0.4, 0.5) is 5.82 Å². The second-order valence-electron chi connectivity index (χ2n) is 9.14. The first-order valence-corrected chi connectivity index (χ1v) is 13.8. The van der Waals surface area contributed by atoms with Gasteiger partial charge < -0.3 is 15.0 Å². The van der Waals surface area contributed by atoms with Crippen LogP contribution in [0.1, 0.15) is 12.0 Å². The topological polar surface area (TPSA) is 70.6 Å². The minimum Gasteiger partial charge on any atom is -0.379 e. The van der Waals surface area contributed by atoms with Gasteiger partial charge in [-0.05, 0) is 35.6 Å². The number of carbonyl (C=O) groups is 1. The molecule has 0 unspecified atom stereocenters. The molecule has 4 aromatic rings. The number of hydrogen-bond donors (Lipinski definition) is 1. The number of fused-ring (bicyclic) bond motifs is 1. The lowest BCUT2D eigenvalue weighted by molar-refractivity contribution is -0.121. The lowest BCUT2D eigenvalue weighted by Crippen LogP contribution is -2.41. The van der Waals surface area contributed by atoms with Crippen molar-refractivity contribution in [3.8, 4) is 10.7 Å². The van der Waals surface area contributed by atoms with Crippen LogP contribution >= 0.6 is 11.3 Å². The third-order valence-electron chi connectivity index (χ3n) is 6.60. The fourth-order valence-corrected chi connectivity index (χ4v) is 5.21. The summed E-state index contributed by atoms with van der Waals surface area (Å²) in [5, 5.41) is 6.15. The summed E-state index contributed by atoms with van der Waals surface area (Å²) in [5.41, 5.74) is 2.18. The Labute approximate surface area is 222 Å². The summed E-state index contributed by atoms with van der Waals surface area (Å²) in [5.74, 6) is 1.67. The van der Waals surface area contributed by atoms with Crippen LogP contribution in [-0.4, -0.2) is 73.3 Å². The van der Waals surface area contributed by atoms with Gasteiger partial charge in [-0.2, -0.15) is 0 Å². The molecule has 0 bridgehead atoms. The summed E-state index contributed by atoms with van der Waals surface area (Å²) >= 11 is 1.63. The monoisotopic (exact) mass is 515 g/mol. The van der Waals surface area contributed by atoms with Gasteiger partial charge >= 0.3 is 0 Å². The molecule has 0 saturated carbocycles. The summed E-state index contributed by atoms with van der Waals surface area (Å²) in [6.45, 7) is 6.24. The number of carbonyl (C=O) groups excluding carboxylic acids is 1. The van der Waals surface area contributed by atoms with Crippen molar-refractivity contribution in [1.29, 1.82) is 0 Å². The molecule has 0 radical (unpaired) electrons. The number of morpholine rings is 1. The van der Waals surface area contributed by atoms with E-state index in [1.807, 2.05) is 35.7 Å². The van der Waals surface area contributed by atoms with E-state index in [2.05, 4.69) is 51.5 Å². The minimum absolute atomic E-state index is 0.0646. The molecule has 1 amide bonds. The van der Waals surface area contributed by atoms with E-state index in [4.69, 9.17) is 14.7 Å². The van der Waals surface area contributed by atoms with Gasteiger partial charge in [-0.3, -0.25) is 9.69 Å². The molecule has 1 N–H and O–H groups in total. The Hall–Kier alpha value is -3.33. The first-order valence-electron chi connectivity index (χ1n) is 12.9. The van der Waals surface area contributed by atoms with Crippen molar-refractivity contribution in [3.05, 3.63) is 77.7 Å². The van der Waals surface area contributed by atoms with Gasteiger partial charge in [0.2, 0.25) is 5.91 Å². The molecule has 1 aliphatic heterocycles. The average Bonchev–Trinajstić information content (AvgIpc) is 3.49. The van der Waals surface area contributed by atoms with E-state index in [9.17, 15) is 4.79 Å². The molecule has 1 aliphatic rings. The molecule has 3 heterocycles. The zero-order chi connectivity index (χ0) is 25.3. The standard InChI is InChI=1S/C29H33N5O2S/c35-27(30-14-17-33-18-20-36-21-19-33)13-16-34(15-12-23-7-2-1-3-8-23)29-24-9-4-5-10-25(24)31-28(32-29)26-11-6-22-37-26/h1-11,22H,12-21H2,(H,30,35). The van der Waals surface area contributed by atoms with Gasteiger partial charge in [-0.15, -0.1) is 11.3 Å². The maximum absolute atomic E-state index is 12.8.